The molecule has 0 aliphatic carbocycles. The molecule has 23 heavy (non-hydrogen) atoms. The third-order valence-corrected chi connectivity index (χ3v) is 3.53. The van der Waals surface area contributed by atoms with Crippen molar-refractivity contribution in [2.24, 2.45) is 0 Å². The fourth-order valence-electron chi connectivity index (χ4n) is 1.87. The van der Waals surface area contributed by atoms with Crippen molar-refractivity contribution < 1.29 is 9.53 Å². The number of hydrogen-bond acceptors (Lipinski definition) is 7. The molecule has 3 aromatic rings. The molecule has 3 rings (SSSR count). The number of nitrogens with one attached hydrogen (secondary N) is 1. The lowest BCUT2D eigenvalue weighted by Gasteiger charge is -2.02. The van der Waals surface area contributed by atoms with E-state index in [4.69, 9.17) is 4.74 Å². The van der Waals surface area contributed by atoms with E-state index in [1.54, 1.807) is 11.6 Å². The number of benzene rings is 1. The Morgan fingerprint density at radius 2 is 2.17 bits per heavy atom. The lowest BCUT2D eigenvalue weighted by atomic mass is 10.2. The Labute approximate surface area is 136 Å². The van der Waals surface area contributed by atoms with E-state index in [1.807, 2.05) is 31.2 Å². The van der Waals surface area contributed by atoms with Gasteiger partial charge in [-0.05, 0) is 36.4 Å². The number of rotatable bonds is 6. The van der Waals surface area contributed by atoms with Gasteiger partial charge >= 0.3 is 0 Å². The van der Waals surface area contributed by atoms with E-state index in [0.717, 1.165) is 11.3 Å². The fourth-order valence-corrected chi connectivity index (χ4v) is 2.41. The first-order valence-electron chi connectivity index (χ1n) is 6.95. The molecule has 0 spiro atoms. The number of tetrazole rings is 1. The van der Waals surface area contributed by atoms with Crippen LogP contribution in [0.1, 0.15) is 6.92 Å². The lowest BCUT2D eigenvalue weighted by Crippen LogP contribution is -2.20. The number of carbonyl (C=O) groups excluding carboxylic acids is 1. The summed E-state index contributed by atoms with van der Waals surface area (Å²) in [5.41, 5.74) is 0.806. The van der Waals surface area contributed by atoms with Crippen molar-refractivity contribution in [3.05, 3.63) is 35.8 Å². The van der Waals surface area contributed by atoms with Gasteiger partial charge < -0.3 is 10.1 Å². The summed E-state index contributed by atoms with van der Waals surface area (Å²) in [4.78, 5) is 17.1. The van der Waals surface area contributed by atoms with Crippen molar-refractivity contribution in [2.75, 3.05) is 11.9 Å². The van der Waals surface area contributed by atoms with Crippen LogP contribution in [-0.2, 0) is 11.3 Å². The minimum Gasteiger partial charge on any atom is -0.494 e. The number of carbonyl (C=O) groups is 1. The van der Waals surface area contributed by atoms with Crippen LogP contribution in [-0.4, -0.2) is 37.7 Å². The molecule has 2 heterocycles. The van der Waals surface area contributed by atoms with Crippen LogP contribution in [0.2, 0.25) is 0 Å². The predicted molar refractivity (Wildman–Crippen MR) is 85.2 cm³/mol. The molecule has 1 aromatic carbocycles. The molecule has 2 aromatic heterocycles. The lowest BCUT2D eigenvalue weighted by molar-refractivity contribution is -0.117. The molecule has 0 unspecified atom stereocenters. The van der Waals surface area contributed by atoms with Crippen LogP contribution < -0.4 is 10.1 Å². The minimum absolute atomic E-state index is 0.0242. The molecule has 118 valence electrons. The van der Waals surface area contributed by atoms with E-state index in [0.29, 0.717) is 17.6 Å². The van der Waals surface area contributed by atoms with Crippen LogP contribution in [0.15, 0.2) is 35.8 Å². The van der Waals surface area contributed by atoms with Crippen LogP contribution in [0.3, 0.4) is 0 Å². The first kappa shape index (κ1) is 15.1. The Morgan fingerprint density at radius 3 is 2.87 bits per heavy atom. The topological polar surface area (TPSA) is 94.8 Å². The Morgan fingerprint density at radius 1 is 1.35 bits per heavy atom. The Kier molecular flexibility index (Phi) is 4.57. The summed E-state index contributed by atoms with van der Waals surface area (Å²) < 4.78 is 5.38. The quantitative estimate of drug-likeness (QED) is 0.741. The number of amides is 1. The Hall–Kier alpha value is -2.81. The van der Waals surface area contributed by atoms with Crippen molar-refractivity contribution in [1.82, 2.24) is 25.2 Å². The molecular weight excluding hydrogens is 316 g/mol. The molecule has 1 N–H and O–H groups in total. The summed E-state index contributed by atoms with van der Waals surface area (Å²) >= 11 is 1.35. The van der Waals surface area contributed by atoms with E-state index < -0.39 is 0 Å². The van der Waals surface area contributed by atoms with Gasteiger partial charge in [-0.3, -0.25) is 4.79 Å². The van der Waals surface area contributed by atoms with E-state index in [1.165, 1.54) is 16.1 Å². The molecule has 1 amide bonds. The van der Waals surface area contributed by atoms with Gasteiger partial charge in [-0.15, -0.1) is 21.5 Å². The van der Waals surface area contributed by atoms with E-state index >= 15 is 0 Å². The maximum absolute atomic E-state index is 11.9. The van der Waals surface area contributed by atoms with E-state index in [2.05, 4.69) is 25.7 Å². The van der Waals surface area contributed by atoms with E-state index in [-0.39, 0.29) is 12.5 Å². The number of nitrogens with zero attached hydrogens (tertiary/aromatic N) is 5. The highest BCUT2D eigenvalue weighted by molar-refractivity contribution is 7.13. The molecule has 0 aliphatic heterocycles. The second kappa shape index (κ2) is 6.97. The molecule has 0 fully saturated rings. The predicted octanol–water partition coefficient (Wildman–Crippen LogP) is 1.83. The highest BCUT2D eigenvalue weighted by Gasteiger charge is 2.10. The number of thiazole rings is 1. The zero-order chi connectivity index (χ0) is 16.1. The van der Waals surface area contributed by atoms with Gasteiger partial charge in [-0.1, -0.05) is 0 Å². The van der Waals surface area contributed by atoms with Gasteiger partial charge in [0.05, 0.1) is 6.61 Å². The summed E-state index contributed by atoms with van der Waals surface area (Å²) in [5, 5.41) is 17.0. The highest BCUT2D eigenvalue weighted by atomic mass is 32.1. The average Bonchev–Trinajstić information content (AvgIpc) is 3.20. The summed E-state index contributed by atoms with van der Waals surface area (Å²) in [7, 11) is 0. The average molecular weight is 330 g/mol. The molecular formula is C14H14N6O2S. The Bertz CT molecular complexity index is 769. The van der Waals surface area contributed by atoms with Gasteiger partial charge in [0.15, 0.2) is 5.13 Å². The van der Waals surface area contributed by atoms with Crippen LogP contribution in [0.4, 0.5) is 5.13 Å². The van der Waals surface area contributed by atoms with E-state index in [9.17, 15) is 4.79 Å². The van der Waals surface area contributed by atoms with Crippen molar-refractivity contribution in [3.8, 4) is 17.1 Å². The number of hydrogen-bond donors (Lipinski definition) is 1. The van der Waals surface area contributed by atoms with Crippen molar-refractivity contribution >= 4 is 22.4 Å². The second-order valence-electron chi connectivity index (χ2n) is 4.49. The Balaban J connectivity index is 1.64. The normalized spacial score (nSPS) is 10.5. The third-order valence-electron chi connectivity index (χ3n) is 2.84. The molecule has 0 radical (unpaired) electrons. The van der Waals surface area contributed by atoms with Gasteiger partial charge in [0.2, 0.25) is 11.7 Å². The first-order valence-corrected chi connectivity index (χ1v) is 7.83. The second-order valence-corrected chi connectivity index (χ2v) is 5.38. The number of anilines is 1. The maximum atomic E-state index is 11.9. The molecule has 9 heteroatoms. The molecule has 0 saturated carbocycles. The van der Waals surface area contributed by atoms with Gasteiger partial charge in [-0.25, -0.2) is 4.98 Å². The molecule has 8 nitrogen and oxygen atoms in total. The third kappa shape index (κ3) is 3.89. The standard InChI is InChI=1S/C14H14N6O2S/c1-2-22-11-5-3-10(4-6-11)13-17-19-20(18-13)9-12(21)16-14-15-7-8-23-14/h3-8H,2,9H2,1H3,(H,15,16,21). The zero-order valence-electron chi connectivity index (χ0n) is 12.3. The number of aromatic nitrogens is 5. The number of ether oxygens (including phenoxy) is 1. The molecule has 0 bridgehead atoms. The first-order chi connectivity index (χ1) is 11.2. The smallest absolute Gasteiger partial charge is 0.249 e. The highest BCUT2D eigenvalue weighted by Crippen LogP contribution is 2.18. The van der Waals surface area contributed by atoms with Crippen molar-refractivity contribution in [1.29, 1.82) is 0 Å². The summed E-state index contributed by atoms with van der Waals surface area (Å²) in [6.45, 7) is 2.52. The molecule has 0 aliphatic rings. The van der Waals surface area contributed by atoms with Crippen molar-refractivity contribution in [2.45, 2.75) is 13.5 Å². The van der Waals surface area contributed by atoms with Crippen LogP contribution >= 0.6 is 11.3 Å². The van der Waals surface area contributed by atoms with Gasteiger partial charge in [-0.2, -0.15) is 4.80 Å². The molecule has 0 saturated heterocycles. The van der Waals surface area contributed by atoms with Crippen LogP contribution in [0.25, 0.3) is 11.4 Å². The van der Waals surface area contributed by atoms with Gasteiger partial charge in [0.25, 0.3) is 0 Å². The monoisotopic (exact) mass is 330 g/mol. The van der Waals surface area contributed by atoms with Crippen LogP contribution in [0, 0.1) is 0 Å². The SMILES string of the molecule is CCOc1ccc(-c2nnn(CC(=O)Nc3nccs3)n2)cc1. The minimum atomic E-state index is -0.254. The summed E-state index contributed by atoms with van der Waals surface area (Å²) in [6.07, 6.45) is 1.62. The van der Waals surface area contributed by atoms with Gasteiger partial charge in [0.1, 0.15) is 12.3 Å². The van der Waals surface area contributed by atoms with Gasteiger partial charge in [0, 0.05) is 17.1 Å². The maximum Gasteiger partial charge on any atom is 0.249 e. The molecule has 0 atom stereocenters. The van der Waals surface area contributed by atoms with Crippen LogP contribution in [0.5, 0.6) is 5.75 Å². The zero-order valence-corrected chi connectivity index (χ0v) is 13.2. The largest absolute Gasteiger partial charge is 0.494 e. The van der Waals surface area contributed by atoms with Crippen molar-refractivity contribution in [3.63, 3.8) is 0 Å². The fraction of sp³-hybridized carbons (Fsp3) is 0.214. The summed E-state index contributed by atoms with van der Waals surface area (Å²) in [5.74, 6) is 0.983. The summed E-state index contributed by atoms with van der Waals surface area (Å²) in [6, 6.07) is 7.38.